The van der Waals surface area contributed by atoms with Gasteiger partial charge in [0, 0.05) is 18.5 Å². The molecule has 0 atom stereocenters. The predicted molar refractivity (Wildman–Crippen MR) is 97.5 cm³/mol. The van der Waals surface area contributed by atoms with Gasteiger partial charge in [0.1, 0.15) is 11.5 Å². The average molecular weight is 371 g/mol. The van der Waals surface area contributed by atoms with Crippen molar-refractivity contribution >= 4 is 23.0 Å². The number of nitrogens with one attached hydrogen (secondary N) is 1. The molecule has 0 radical (unpaired) electrons. The van der Waals surface area contributed by atoms with Crippen LogP contribution in [0.3, 0.4) is 0 Å². The van der Waals surface area contributed by atoms with Crippen LogP contribution < -0.4 is 5.32 Å². The van der Waals surface area contributed by atoms with Gasteiger partial charge in [0.2, 0.25) is 0 Å². The molecule has 0 fully saturated rings. The maximum Gasteiger partial charge on any atom is 0.303 e. The molecule has 3 rings (SSSR count). The van der Waals surface area contributed by atoms with Gasteiger partial charge in [-0.2, -0.15) is 0 Å². The summed E-state index contributed by atoms with van der Waals surface area (Å²) >= 11 is 0. The van der Waals surface area contributed by atoms with Crippen LogP contribution in [0.15, 0.2) is 21.1 Å². The summed E-state index contributed by atoms with van der Waals surface area (Å²) in [6.45, 7) is 5.82. The lowest BCUT2D eigenvalue weighted by Gasteiger charge is -2.08. The lowest BCUT2D eigenvalue weighted by molar-refractivity contribution is -0.137. The van der Waals surface area contributed by atoms with Crippen LogP contribution in [-0.4, -0.2) is 33.7 Å². The number of pyridine rings is 1. The van der Waals surface area contributed by atoms with Crippen LogP contribution in [-0.2, 0) is 4.79 Å². The summed E-state index contributed by atoms with van der Waals surface area (Å²) in [6.07, 6.45) is 1.18. The van der Waals surface area contributed by atoms with Crippen molar-refractivity contribution in [3.63, 3.8) is 0 Å². The van der Waals surface area contributed by atoms with Crippen molar-refractivity contribution in [2.75, 3.05) is 6.54 Å². The Kier molecular flexibility index (Phi) is 5.25. The molecule has 0 aliphatic heterocycles. The zero-order valence-electron chi connectivity index (χ0n) is 15.5. The first-order valence-electron chi connectivity index (χ1n) is 8.71. The van der Waals surface area contributed by atoms with Crippen molar-refractivity contribution in [3.05, 3.63) is 34.9 Å². The van der Waals surface area contributed by atoms with E-state index in [9.17, 15) is 9.59 Å². The fraction of sp³-hybridized carbons (Fsp3) is 0.368. The van der Waals surface area contributed by atoms with Crippen LogP contribution in [0, 0.1) is 20.8 Å². The molecular formula is C19H21N3O5. The van der Waals surface area contributed by atoms with Gasteiger partial charge in [-0.25, -0.2) is 4.98 Å². The fourth-order valence-electron chi connectivity index (χ4n) is 3.00. The standard InChI is InChI=1S/C19H21N3O5/c1-10-8-13(12(3)26-10)15-9-14(17-11(2)22-27-19(17)21-15)18(25)20-7-5-4-6-16(23)24/h8-9H,4-7H2,1-3H3,(H,20,25)(H,23,24). The monoisotopic (exact) mass is 371 g/mol. The van der Waals surface area contributed by atoms with Crippen molar-refractivity contribution in [1.29, 1.82) is 0 Å². The first-order chi connectivity index (χ1) is 12.9. The Morgan fingerprint density at radius 2 is 1.96 bits per heavy atom. The second-order valence-corrected chi connectivity index (χ2v) is 6.44. The van der Waals surface area contributed by atoms with E-state index in [0.29, 0.717) is 53.2 Å². The quantitative estimate of drug-likeness (QED) is 0.611. The van der Waals surface area contributed by atoms with E-state index in [2.05, 4.69) is 15.5 Å². The number of aryl methyl sites for hydroxylation is 3. The lowest BCUT2D eigenvalue weighted by atomic mass is 10.1. The molecule has 3 heterocycles. The van der Waals surface area contributed by atoms with E-state index < -0.39 is 5.97 Å². The zero-order chi connectivity index (χ0) is 19.6. The molecule has 0 aliphatic rings. The van der Waals surface area contributed by atoms with Crippen LogP contribution in [0.1, 0.15) is 46.8 Å². The molecule has 0 saturated heterocycles. The number of carboxylic acid groups (broad SMARTS) is 1. The number of nitrogens with zero attached hydrogens (tertiary/aromatic N) is 2. The molecule has 0 unspecified atom stereocenters. The molecule has 0 aromatic carbocycles. The lowest BCUT2D eigenvalue weighted by Crippen LogP contribution is -2.25. The molecule has 0 bridgehead atoms. The molecule has 2 N–H and O–H groups in total. The highest BCUT2D eigenvalue weighted by atomic mass is 16.5. The number of aromatic nitrogens is 2. The van der Waals surface area contributed by atoms with Gasteiger partial charge >= 0.3 is 5.97 Å². The largest absolute Gasteiger partial charge is 0.481 e. The van der Waals surface area contributed by atoms with Crippen LogP contribution in [0.4, 0.5) is 0 Å². The first kappa shape index (κ1) is 18.6. The number of carbonyl (C=O) groups is 2. The van der Waals surface area contributed by atoms with E-state index in [1.165, 1.54) is 0 Å². The van der Waals surface area contributed by atoms with Crippen molar-refractivity contribution in [3.8, 4) is 11.3 Å². The van der Waals surface area contributed by atoms with Gasteiger partial charge in [0.15, 0.2) is 0 Å². The number of rotatable bonds is 7. The summed E-state index contributed by atoms with van der Waals surface area (Å²) in [5, 5.41) is 16.0. The SMILES string of the molecule is Cc1cc(-c2cc(C(=O)NCCCCC(=O)O)c3c(C)noc3n2)c(C)o1. The van der Waals surface area contributed by atoms with Gasteiger partial charge in [0.05, 0.1) is 22.3 Å². The zero-order valence-corrected chi connectivity index (χ0v) is 15.5. The van der Waals surface area contributed by atoms with Gasteiger partial charge in [-0.3, -0.25) is 9.59 Å². The maximum atomic E-state index is 12.7. The third kappa shape index (κ3) is 3.99. The topological polar surface area (TPSA) is 118 Å². The van der Waals surface area contributed by atoms with E-state index in [1.807, 2.05) is 19.9 Å². The van der Waals surface area contributed by atoms with Crippen LogP contribution in [0.5, 0.6) is 0 Å². The van der Waals surface area contributed by atoms with Crippen molar-refractivity contribution in [2.45, 2.75) is 40.0 Å². The molecular weight excluding hydrogens is 350 g/mol. The molecule has 142 valence electrons. The summed E-state index contributed by atoms with van der Waals surface area (Å²) in [5.74, 6) is 0.342. The normalized spacial score (nSPS) is 11.1. The number of furan rings is 1. The highest BCUT2D eigenvalue weighted by molar-refractivity contribution is 6.07. The summed E-state index contributed by atoms with van der Waals surface area (Å²) in [5.41, 5.74) is 2.66. The Hall–Kier alpha value is -3.16. The van der Waals surface area contributed by atoms with Crippen LogP contribution in [0.25, 0.3) is 22.4 Å². The molecule has 0 saturated carbocycles. The minimum atomic E-state index is -0.840. The predicted octanol–water partition coefficient (Wildman–Crippen LogP) is 3.39. The molecule has 8 heteroatoms. The van der Waals surface area contributed by atoms with Crippen LogP contribution >= 0.6 is 0 Å². The average Bonchev–Trinajstić information content (AvgIpc) is 3.15. The molecule has 8 nitrogen and oxygen atoms in total. The molecule has 3 aromatic rings. The highest BCUT2D eigenvalue weighted by Crippen LogP contribution is 2.30. The van der Waals surface area contributed by atoms with Gasteiger partial charge in [-0.15, -0.1) is 0 Å². The molecule has 0 aliphatic carbocycles. The first-order valence-corrected chi connectivity index (χ1v) is 8.71. The number of hydrogen-bond acceptors (Lipinski definition) is 6. The van der Waals surface area contributed by atoms with E-state index in [-0.39, 0.29) is 12.3 Å². The number of carboxylic acids is 1. The van der Waals surface area contributed by atoms with Gasteiger partial charge in [-0.1, -0.05) is 5.16 Å². The van der Waals surface area contributed by atoms with Crippen LogP contribution in [0.2, 0.25) is 0 Å². The summed E-state index contributed by atoms with van der Waals surface area (Å²) in [4.78, 5) is 27.8. The molecule has 0 spiro atoms. The van der Waals surface area contributed by atoms with Crippen molar-refractivity contribution in [2.24, 2.45) is 0 Å². The Morgan fingerprint density at radius 3 is 2.63 bits per heavy atom. The van der Waals surface area contributed by atoms with E-state index in [1.54, 1.807) is 13.0 Å². The number of carbonyl (C=O) groups excluding carboxylic acids is 1. The van der Waals surface area contributed by atoms with E-state index >= 15 is 0 Å². The highest BCUT2D eigenvalue weighted by Gasteiger charge is 2.20. The second kappa shape index (κ2) is 7.61. The minimum Gasteiger partial charge on any atom is -0.481 e. The number of hydrogen-bond donors (Lipinski definition) is 2. The molecule has 27 heavy (non-hydrogen) atoms. The number of fused-ring (bicyclic) bond motifs is 1. The van der Waals surface area contributed by atoms with E-state index in [4.69, 9.17) is 14.0 Å². The molecule has 1 amide bonds. The van der Waals surface area contributed by atoms with E-state index in [0.717, 1.165) is 11.3 Å². The minimum absolute atomic E-state index is 0.0867. The maximum absolute atomic E-state index is 12.7. The summed E-state index contributed by atoms with van der Waals surface area (Å²) in [6, 6.07) is 3.57. The molecule has 3 aromatic heterocycles. The summed E-state index contributed by atoms with van der Waals surface area (Å²) in [7, 11) is 0. The fourth-order valence-corrected chi connectivity index (χ4v) is 3.00. The Bertz CT molecular complexity index is 1000. The van der Waals surface area contributed by atoms with Crippen molar-refractivity contribution < 1.29 is 23.6 Å². The number of unbranched alkanes of at least 4 members (excludes halogenated alkanes) is 1. The summed E-state index contributed by atoms with van der Waals surface area (Å²) < 4.78 is 10.8. The Morgan fingerprint density at radius 1 is 1.19 bits per heavy atom. The third-order valence-electron chi connectivity index (χ3n) is 4.28. The number of amides is 1. The van der Waals surface area contributed by atoms with Gasteiger partial charge in [0.25, 0.3) is 11.6 Å². The smallest absolute Gasteiger partial charge is 0.303 e. The van der Waals surface area contributed by atoms with Gasteiger partial charge in [-0.05, 0) is 45.7 Å². The third-order valence-corrected chi connectivity index (χ3v) is 4.28. The second-order valence-electron chi connectivity index (χ2n) is 6.44. The van der Waals surface area contributed by atoms with Gasteiger partial charge < -0.3 is 19.4 Å². The number of aliphatic carboxylic acids is 1. The Labute approximate surface area is 155 Å². The Balaban J connectivity index is 1.89. The van der Waals surface area contributed by atoms with Crippen molar-refractivity contribution in [1.82, 2.24) is 15.5 Å².